The molecule has 1 heterocycles. The van der Waals surface area contributed by atoms with Gasteiger partial charge in [0.15, 0.2) is 0 Å². The average Bonchev–Trinajstić information content (AvgIpc) is 3.03. The fourth-order valence-corrected chi connectivity index (χ4v) is 4.32. The summed E-state index contributed by atoms with van der Waals surface area (Å²) in [5, 5.41) is 0.737. The van der Waals surface area contributed by atoms with Gasteiger partial charge in [0.1, 0.15) is 18.2 Å². The quantitative estimate of drug-likeness (QED) is 0.353. The summed E-state index contributed by atoms with van der Waals surface area (Å²) >= 11 is 12.9. The summed E-state index contributed by atoms with van der Waals surface area (Å²) in [6, 6.07) is 18.1. The minimum Gasteiger partial charge on any atom is -0.489 e. The number of carbonyl (C=O) groups excluding carboxylic acids is 2. The Morgan fingerprint density at radius 1 is 0.969 bits per heavy atom. The number of benzene rings is 3. The van der Waals surface area contributed by atoms with E-state index in [1.165, 1.54) is 12.1 Å². The van der Waals surface area contributed by atoms with Crippen LogP contribution in [0.3, 0.4) is 0 Å². The van der Waals surface area contributed by atoms with Crippen LogP contribution in [-0.4, -0.2) is 16.0 Å². The van der Waals surface area contributed by atoms with Crippen molar-refractivity contribution in [1.29, 1.82) is 0 Å². The lowest BCUT2D eigenvalue weighted by molar-refractivity contribution is -0.123. The largest absolute Gasteiger partial charge is 0.489 e. The van der Waals surface area contributed by atoms with Crippen molar-refractivity contribution < 1.29 is 18.7 Å². The fourth-order valence-electron chi connectivity index (χ4n) is 3.02. The molecule has 32 heavy (non-hydrogen) atoms. The maximum atomic E-state index is 13.1. The number of imide groups is 1. The van der Waals surface area contributed by atoms with E-state index in [1.54, 1.807) is 60.7 Å². The number of thioether (sulfide) groups is 1. The van der Waals surface area contributed by atoms with Gasteiger partial charge in [-0.3, -0.25) is 14.5 Å². The number of rotatable bonds is 6. The summed E-state index contributed by atoms with van der Waals surface area (Å²) in [6.45, 7) is 0.389. The zero-order valence-electron chi connectivity index (χ0n) is 16.6. The first-order valence-corrected chi connectivity index (χ1v) is 11.1. The lowest BCUT2D eigenvalue weighted by Crippen LogP contribution is -2.27. The molecule has 1 aliphatic heterocycles. The number of halogens is 3. The molecule has 0 atom stereocenters. The highest BCUT2D eigenvalue weighted by Gasteiger charge is 2.34. The van der Waals surface area contributed by atoms with E-state index in [2.05, 4.69) is 0 Å². The smallest absolute Gasteiger partial charge is 0.293 e. The van der Waals surface area contributed by atoms with Gasteiger partial charge in [0.25, 0.3) is 11.1 Å². The second kappa shape index (κ2) is 9.77. The summed E-state index contributed by atoms with van der Waals surface area (Å²) in [5.74, 6) is -0.105. The van der Waals surface area contributed by atoms with E-state index in [1.807, 2.05) is 0 Å². The van der Waals surface area contributed by atoms with Gasteiger partial charge >= 0.3 is 0 Å². The zero-order chi connectivity index (χ0) is 22.7. The first-order chi connectivity index (χ1) is 15.4. The highest BCUT2D eigenvalue weighted by atomic mass is 35.5. The van der Waals surface area contributed by atoms with Crippen LogP contribution < -0.4 is 4.74 Å². The third kappa shape index (κ3) is 5.33. The number of amides is 2. The van der Waals surface area contributed by atoms with Crippen LogP contribution in [0.2, 0.25) is 10.0 Å². The number of hydrogen-bond donors (Lipinski definition) is 0. The summed E-state index contributed by atoms with van der Waals surface area (Å²) in [5.41, 5.74) is 2.25. The first-order valence-electron chi connectivity index (χ1n) is 9.55. The molecular formula is C24H16Cl2FNO3S. The Bertz CT molecular complexity index is 1200. The number of nitrogens with zero attached hydrogens (tertiary/aromatic N) is 1. The number of ether oxygens (including phenoxy) is 1. The minimum atomic E-state index is -0.373. The lowest BCUT2D eigenvalue weighted by Gasteiger charge is -2.12. The molecule has 162 valence electrons. The van der Waals surface area contributed by atoms with E-state index in [9.17, 15) is 14.0 Å². The number of carbonyl (C=O) groups is 2. The van der Waals surface area contributed by atoms with Crippen LogP contribution in [0.4, 0.5) is 9.18 Å². The van der Waals surface area contributed by atoms with Crippen molar-refractivity contribution in [2.45, 2.75) is 13.2 Å². The van der Waals surface area contributed by atoms with Crippen molar-refractivity contribution in [3.63, 3.8) is 0 Å². The average molecular weight is 488 g/mol. The molecule has 0 radical (unpaired) electrons. The molecule has 1 fully saturated rings. The Morgan fingerprint density at radius 3 is 2.38 bits per heavy atom. The van der Waals surface area contributed by atoms with Gasteiger partial charge in [-0.1, -0.05) is 53.5 Å². The molecule has 2 amide bonds. The molecule has 1 aliphatic rings. The summed E-state index contributed by atoms with van der Waals surface area (Å²) < 4.78 is 18.8. The molecule has 3 aromatic carbocycles. The van der Waals surface area contributed by atoms with Gasteiger partial charge in [0.2, 0.25) is 0 Å². The van der Waals surface area contributed by atoms with Crippen molar-refractivity contribution in [2.75, 3.05) is 0 Å². The molecule has 0 bridgehead atoms. The molecule has 0 saturated carbocycles. The van der Waals surface area contributed by atoms with E-state index in [-0.39, 0.29) is 30.1 Å². The summed E-state index contributed by atoms with van der Waals surface area (Å²) in [6.07, 6.45) is 1.66. The monoisotopic (exact) mass is 487 g/mol. The van der Waals surface area contributed by atoms with Crippen LogP contribution in [-0.2, 0) is 17.9 Å². The molecule has 0 spiro atoms. The predicted molar refractivity (Wildman–Crippen MR) is 125 cm³/mol. The van der Waals surface area contributed by atoms with Crippen LogP contribution >= 0.6 is 35.0 Å². The van der Waals surface area contributed by atoms with Crippen molar-refractivity contribution in [2.24, 2.45) is 0 Å². The van der Waals surface area contributed by atoms with Crippen LogP contribution in [0.25, 0.3) is 6.08 Å². The molecule has 0 unspecified atom stereocenters. The van der Waals surface area contributed by atoms with E-state index in [4.69, 9.17) is 27.9 Å². The summed E-state index contributed by atoms with van der Waals surface area (Å²) in [7, 11) is 0. The molecule has 4 rings (SSSR count). The van der Waals surface area contributed by atoms with Crippen LogP contribution in [0, 0.1) is 5.82 Å². The van der Waals surface area contributed by atoms with Crippen molar-refractivity contribution in [3.05, 3.63) is 104 Å². The zero-order valence-corrected chi connectivity index (χ0v) is 18.9. The predicted octanol–water partition coefficient (Wildman–Crippen LogP) is 6.95. The van der Waals surface area contributed by atoms with Crippen LogP contribution in [0.1, 0.15) is 16.7 Å². The SMILES string of the molecule is O=C1S/C(=C\c2ccc(OCc3ccc(Cl)cc3Cl)cc2)C(=O)N1Cc1ccc(F)cc1. The molecule has 0 N–H and O–H groups in total. The molecule has 0 aliphatic carbocycles. The first kappa shape index (κ1) is 22.4. The fraction of sp³-hybridized carbons (Fsp3) is 0.0833. The topological polar surface area (TPSA) is 46.6 Å². The van der Waals surface area contributed by atoms with Gasteiger partial charge in [-0.15, -0.1) is 0 Å². The highest BCUT2D eigenvalue weighted by molar-refractivity contribution is 8.18. The Balaban J connectivity index is 1.40. The standard InChI is InChI=1S/C24H16Cl2FNO3S/c25-18-6-5-17(21(26)12-18)14-31-20-9-3-15(4-10-20)11-22-23(29)28(24(30)32-22)13-16-1-7-19(27)8-2-16/h1-12H,13-14H2/b22-11-. The number of hydrogen-bond acceptors (Lipinski definition) is 4. The van der Waals surface area contributed by atoms with E-state index in [0.29, 0.717) is 26.3 Å². The summed E-state index contributed by atoms with van der Waals surface area (Å²) in [4.78, 5) is 26.4. The van der Waals surface area contributed by atoms with Crippen LogP contribution in [0.15, 0.2) is 71.6 Å². The third-order valence-electron chi connectivity index (χ3n) is 4.71. The second-order valence-corrected chi connectivity index (χ2v) is 8.82. The maximum Gasteiger partial charge on any atom is 0.293 e. The molecule has 0 aromatic heterocycles. The highest BCUT2D eigenvalue weighted by Crippen LogP contribution is 2.33. The van der Waals surface area contributed by atoms with Gasteiger partial charge in [0, 0.05) is 15.6 Å². The van der Waals surface area contributed by atoms with E-state index >= 15 is 0 Å². The Morgan fingerprint density at radius 2 is 1.69 bits per heavy atom. The van der Waals surface area contributed by atoms with Gasteiger partial charge in [0.05, 0.1) is 11.4 Å². The Hall–Kier alpha value is -2.80. The van der Waals surface area contributed by atoms with Crippen molar-refractivity contribution in [1.82, 2.24) is 4.90 Å². The van der Waals surface area contributed by atoms with Crippen molar-refractivity contribution in [3.8, 4) is 5.75 Å². The molecule has 4 nitrogen and oxygen atoms in total. The molecule has 3 aromatic rings. The van der Waals surface area contributed by atoms with E-state index < -0.39 is 0 Å². The van der Waals surface area contributed by atoms with Gasteiger partial charge in [-0.2, -0.15) is 0 Å². The molecule has 8 heteroatoms. The normalized spacial score (nSPS) is 15.0. The Kier molecular flexibility index (Phi) is 6.84. The van der Waals surface area contributed by atoms with Gasteiger partial charge in [-0.05, 0) is 65.4 Å². The lowest BCUT2D eigenvalue weighted by atomic mass is 10.2. The minimum absolute atomic E-state index is 0.0995. The van der Waals surface area contributed by atoms with Gasteiger partial charge in [-0.25, -0.2) is 4.39 Å². The Labute approximate surface area is 198 Å². The van der Waals surface area contributed by atoms with Crippen LogP contribution in [0.5, 0.6) is 5.75 Å². The van der Waals surface area contributed by atoms with Gasteiger partial charge < -0.3 is 4.74 Å². The van der Waals surface area contributed by atoms with E-state index in [0.717, 1.165) is 27.8 Å². The second-order valence-electron chi connectivity index (χ2n) is 6.99. The molecular weight excluding hydrogens is 472 g/mol. The van der Waals surface area contributed by atoms with Crippen molar-refractivity contribution >= 4 is 52.2 Å². The maximum absolute atomic E-state index is 13.1. The molecule has 1 saturated heterocycles. The third-order valence-corrected chi connectivity index (χ3v) is 6.21.